The van der Waals surface area contributed by atoms with E-state index in [1.54, 1.807) is 11.3 Å². The Labute approximate surface area is 100 Å². The number of nitrogens with zero attached hydrogens (tertiary/aromatic N) is 1. The summed E-state index contributed by atoms with van der Waals surface area (Å²) in [6.45, 7) is 6.26. The van der Waals surface area contributed by atoms with Gasteiger partial charge in [-0.15, -0.1) is 11.3 Å². The van der Waals surface area contributed by atoms with Crippen molar-refractivity contribution >= 4 is 22.9 Å². The van der Waals surface area contributed by atoms with E-state index in [1.165, 1.54) is 11.3 Å². The normalized spacial score (nSPS) is 27.4. The molecule has 1 atom stereocenters. The van der Waals surface area contributed by atoms with Gasteiger partial charge in [-0.3, -0.25) is 4.90 Å². The highest BCUT2D eigenvalue weighted by atomic mass is 35.5. The smallest absolute Gasteiger partial charge is 0.0558 e. The van der Waals surface area contributed by atoms with Crippen molar-refractivity contribution in [1.29, 1.82) is 0 Å². The van der Waals surface area contributed by atoms with Crippen LogP contribution in [0.15, 0.2) is 11.4 Å². The second kappa shape index (κ2) is 4.42. The summed E-state index contributed by atoms with van der Waals surface area (Å²) >= 11 is 7.82. The zero-order valence-electron chi connectivity index (χ0n) is 9.00. The third-order valence-corrected chi connectivity index (χ3v) is 4.56. The fraction of sp³-hybridized carbons (Fsp3) is 0.636. The lowest BCUT2D eigenvalue weighted by Crippen LogP contribution is -2.31. The largest absolute Gasteiger partial charge is 0.330 e. The van der Waals surface area contributed by atoms with E-state index in [0.717, 1.165) is 31.2 Å². The lowest BCUT2D eigenvalue weighted by molar-refractivity contribution is 0.276. The minimum atomic E-state index is 0.309. The number of thiophene rings is 1. The Balaban J connectivity index is 1.96. The molecule has 0 aliphatic carbocycles. The second-order valence-electron chi connectivity index (χ2n) is 4.67. The molecule has 1 aliphatic heterocycles. The van der Waals surface area contributed by atoms with Crippen LogP contribution < -0.4 is 5.73 Å². The molecular weight excluding hydrogens is 228 g/mol. The SMILES string of the molecule is CC1(CN)CCN(Cc2sccc2Cl)C1. The summed E-state index contributed by atoms with van der Waals surface area (Å²) in [7, 11) is 0. The fourth-order valence-corrected chi connectivity index (χ4v) is 3.21. The van der Waals surface area contributed by atoms with Crippen LogP contribution in [0.4, 0.5) is 0 Å². The third kappa shape index (κ3) is 2.53. The average molecular weight is 245 g/mol. The van der Waals surface area contributed by atoms with Crippen molar-refractivity contribution in [2.75, 3.05) is 19.6 Å². The first-order valence-electron chi connectivity index (χ1n) is 5.27. The van der Waals surface area contributed by atoms with E-state index < -0.39 is 0 Å². The number of halogens is 1. The van der Waals surface area contributed by atoms with Gasteiger partial charge in [-0.05, 0) is 36.4 Å². The molecule has 84 valence electrons. The van der Waals surface area contributed by atoms with Crippen LogP contribution in [0.3, 0.4) is 0 Å². The van der Waals surface area contributed by atoms with Crippen LogP contribution in [0.5, 0.6) is 0 Å². The first-order valence-corrected chi connectivity index (χ1v) is 6.53. The molecule has 1 aliphatic rings. The quantitative estimate of drug-likeness (QED) is 0.886. The van der Waals surface area contributed by atoms with Gasteiger partial charge in [0.05, 0.1) is 5.02 Å². The number of rotatable bonds is 3. The maximum Gasteiger partial charge on any atom is 0.0558 e. The maximum atomic E-state index is 6.08. The zero-order chi connectivity index (χ0) is 10.9. The van der Waals surface area contributed by atoms with Crippen molar-refractivity contribution in [3.05, 3.63) is 21.3 Å². The molecule has 0 bridgehead atoms. The maximum absolute atomic E-state index is 6.08. The Morgan fingerprint density at radius 3 is 3.00 bits per heavy atom. The highest BCUT2D eigenvalue weighted by Gasteiger charge is 2.32. The second-order valence-corrected chi connectivity index (χ2v) is 6.08. The van der Waals surface area contributed by atoms with Gasteiger partial charge < -0.3 is 5.73 Å². The summed E-state index contributed by atoms with van der Waals surface area (Å²) in [5.74, 6) is 0. The zero-order valence-corrected chi connectivity index (χ0v) is 10.6. The number of nitrogens with two attached hydrogens (primary N) is 1. The highest BCUT2D eigenvalue weighted by molar-refractivity contribution is 7.10. The van der Waals surface area contributed by atoms with Crippen molar-refractivity contribution in [3.8, 4) is 0 Å². The molecule has 1 unspecified atom stereocenters. The predicted octanol–water partition coefficient (Wildman–Crippen LogP) is 2.57. The van der Waals surface area contributed by atoms with Gasteiger partial charge in [0.1, 0.15) is 0 Å². The van der Waals surface area contributed by atoms with Crippen LogP contribution in [-0.4, -0.2) is 24.5 Å². The summed E-state index contributed by atoms with van der Waals surface area (Å²) < 4.78 is 0. The van der Waals surface area contributed by atoms with Crippen LogP contribution in [0.2, 0.25) is 5.02 Å². The van der Waals surface area contributed by atoms with E-state index in [0.29, 0.717) is 5.41 Å². The van der Waals surface area contributed by atoms with Crippen LogP contribution >= 0.6 is 22.9 Å². The van der Waals surface area contributed by atoms with Gasteiger partial charge >= 0.3 is 0 Å². The lowest BCUT2D eigenvalue weighted by atomic mass is 9.90. The van der Waals surface area contributed by atoms with Gasteiger partial charge in [-0.25, -0.2) is 0 Å². The molecule has 2 rings (SSSR count). The summed E-state index contributed by atoms with van der Waals surface area (Å²) in [6.07, 6.45) is 1.20. The molecule has 15 heavy (non-hydrogen) atoms. The van der Waals surface area contributed by atoms with Gasteiger partial charge in [0.2, 0.25) is 0 Å². The van der Waals surface area contributed by atoms with Crippen LogP contribution in [0.1, 0.15) is 18.2 Å². The fourth-order valence-electron chi connectivity index (χ4n) is 2.07. The van der Waals surface area contributed by atoms with Gasteiger partial charge in [0.15, 0.2) is 0 Å². The monoisotopic (exact) mass is 244 g/mol. The van der Waals surface area contributed by atoms with Crippen molar-refractivity contribution in [2.45, 2.75) is 19.9 Å². The molecule has 1 fully saturated rings. The molecule has 1 aromatic rings. The summed E-state index contributed by atoms with van der Waals surface area (Å²) in [4.78, 5) is 3.72. The molecule has 0 radical (unpaired) electrons. The summed E-state index contributed by atoms with van der Waals surface area (Å²) in [5, 5.41) is 2.96. The van der Waals surface area contributed by atoms with Crippen molar-refractivity contribution in [2.24, 2.45) is 11.1 Å². The average Bonchev–Trinajstić information content (AvgIpc) is 2.77. The van der Waals surface area contributed by atoms with Gasteiger partial charge in [0.25, 0.3) is 0 Å². The minimum Gasteiger partial charge on any atom is -0.330 e. The molecule has 4 heteroatoms. The van der Waals surface area contributed by atoms with Crippen LogP contribution in [0.25, 0.3) is 0 Å². The predicted molar refractivity (Wildman–Crippen MR) is 66.4 cm³/mol. The number of hydrogen-bond donors (Lipinski definition) is 1. The Kier molecular flexibility index (Phi) is 3.36. The topological polar surface area (TPSA) is 29.3 Å². The first kappa shape index (κ1) is 11.4. The van der Waals surface area contributed by atoms with Gasteiger partial charge in [-0.1, -0.05) is 18.5 Å². The highest BCUT2D eigenvalue weighted by Crippen LogP contribution is 2.31. The van der Waals surface area contributed by atoms with Crippen molar-refractivity contribution in [3.63, 3.8) is 0 Å². The Morgan fingerprint density at radius 2 is 2.47 bits per heavy atom. The third-order valence-electron chi connectivity index (χ3n) is 3.19. The Hall–Kier alpha value is -0.0900. The standard InChI is InChI=1S/C11H17ClN2S/c1-11(7-13)3-4-14(8-11)6-10-9(12)2-5-15-10/h2,5H,3-4,6-8,13H2,1H3. The number of likely N-dealkylation sites (tertiary alicyclic amines) is 1. The van der Waals surface area contributed by atoms with Crippen molar-refractivity contribution in [1.82, 2.24) is 4.90 Å². The first-order chi connectivity index (χ1) is 7.13. The molecule has 1 aromatic heterocycles. The molecule has 0 aromatic carbocycles. The molecule has 2 N–H and O–H groups in total. The molecule has 2 nitrogen and oxygen atoms in total. The van der Waals surface area contributed by atoms with Gasteiger partial charge in [-0.2, -0.15) is 0 Å². The van der Waals surface area contributed by atoms with E-state index in [2.05, 4.69) is 17.2 Å². The number of hydrogen-bond acceptors (Lipinski definition) is 3. The summed E-state index contributed by atoms with van der Waals surface area (Å²) in [6, 6.07) is 1.97. The van der Waals surface area contributed by atoms with Crippen LogP contribution in [0, 0.1) is 5.41 Å². The Morgan fingerprint density at radius 1 is 1.67 bits per heavy atom. The van der Waals surface area contributed by atoms with Crippen LogP contribution in [-0.2, 0) is 6.54 Å². The summed E-state index contributed by atoms with van der Waals surface area (Å²) in [5.41, 5.74) is 6.09. The molecule has 1 saturated heterocycles. The van der Waals surface area contributed by atoms with E-state index in [-0.39, 0.29) is 0 Å². The molecule has 0 saturated carbocycles. The van der Waals surface area contributed by atoms with E-state index in [9.17, 15) is 0 Å². The molecule has 0 spiro atoms. The molecular formula is C11H17ClN2S. The van der Waals surface area contributed by atoms with Crippen molar-refractivity contribution < 1.29 is 0 Å². The molecule has 0 amide bonds. The molecule has 2 heterocycles. The Bertz CT molecular complexity index is 339. The minimum absolute atomic E-state index is 0.309. The van der Waals surface area contributed by atoms with E-state index >= 15 is 0 Å². The van der Waals surface area contributed by atoms with Gasteiger partial charge in [0, 0.05) is 18.0 Å². The lowest BCUT2D eigenvalue weighted by Gasteiger charge is -2.22. The van der Waals surface area contributed by atoms with E-state index in [1.807, 2.05) is 6.07 Å². The van der Waals surface area contributed by atoms with E-state index in [4.69, 9.17) is 17.3 Å².